The van der Waals surface area contributed by atoms with Crippen LogP contribution in [0.15, 0.2) is 12.1 Å². The van der Waals surface area contributed by atoms with Crippen molar-refractivity contribution < 1.29 is 32.8 Å². The van der Waals surface area contributed by atoms with Gasteiger partial charge in [-0.2, -0.15) is 4.39 Å². The average Bonchev–Trinajstić information content (AvgIpc) is 2.31. The third-order valence-electron chi connectivity index (χ3n) is 1.89. The van der Waals surface area contributed by atoms with Gasteiger partial charge in [-0.15, -0.1) is 0 Å². The smallest absolute Gasteiger partial charge is 0.434 e. The number of carbonyl (C=O) groups excluding carboxylic acids is 2. The maximum Gasteiger partial charge on any atom is 0.516 e. The van der Waals surface area contributed by atoms with Crippen molar-refractivity contribution in [2.75, 3.05) is 6.61 Å². The summed E-state index contributed by atoms with van der Waals surface area (Å²) < 4.78 is 34.8. The second kappa shape index (κ2) is 5.85. The number of halogens is 2. The van der Waals surface area contributed by atoms with Gasteiger partial charge in [0.25, 0.3) is 0 Å². The molecule has 0 saturated carbocycles. The van der Waals surface area contributed by atoms with Gasteiger partial charge in [-0.25, -0.2) is 14.0 Å². The van der Waals surface area contributed by atoms with Crippen LogP contribution in [0.4, 0.5) is 19.3 Å². The van der Waals surface area contributed by atoms with Crippen LogP contribution in [0.1, 0.15) is 17.3 Å². The van der Waals surface area contributed by atoms with E-state index in [-0.39, 0.29) is 18.7 Å². The quantitative estimate of drug-likeness (QED) is 0.363. The monoisotopic (exact) mass is 275 g/mol. The number of ether oxygens (including phenoxy) is 2. The summed E-state index contributed by atoms with van der Waals surface area (Å²) in [5, 5.41) is 10.3. The van der Waals surface area contributed by atoms with Crippen LogP contribution in [0.2, 0.25) is 0 Å². The first-order valence-corrected chi connectivity index (χ1v) is 4.89. The first-order chi connectivity index (χ1) is 8.86. The molecule has 102 valence electrons. The van der Waals surface area contributed by atoms with Crippen LogP contribution in [0.25, 0.3) is 0 Å². The minimum atomic E-state index is -1.51. The summed E-state index contributed by atoms with van der Waals surface area (Å²) >= 11 is 0. The van der Waals surface area contributed by atoms with Crippen LogP contribution in [0, 0.1) is 21.7 Å². The highest BCUT2D eigenvalue weighted by atomic mass is 19.1. The zero-order valence-corrected chi connectivity index (χ0v) is 9.51. The summed E-state index contributed by atoms with van der Waals surface area (Å²) in [5.41, 5.74) is -2.08. The molecule has 0 spiro atoms. The number of esters is 1. The number of benzene rings is 1. The van der Waals surface area contributed by atoms with Crippen LogP contribution >= 0.6 is 0 Å². The lowest BCUT2D eigenvalue weighted by atomic mass is 10.2. The molecule has 0 radical (unpaired) electrons. The fourth-order valence-electron chi connectivity index (χ4n) is 1.11. The Labute approximate surface area is 104 Å². The van der Waals surface area contributed by atoms with Gasteiger partial charge in [0.1, 0.15) is 5.82 Å². The molecule has 0 unspecified atom stereocenters. The van der Waals surface area contributed by atoms with Crippen LogP contribution < -0.4 is 0 Å². The Morgan fingerprint density at radius 1 is 1.32 bits per heavy atom. The van der Waals surface area contributed by atoms with Crippen molar-refractivity contribution in [1.29, 1.82) is 0 Å². The Hall–Kier alpha value is -2.58. The molecule has 0 bridgehead atoms. The van der Waals surface area contributed by atoms with E-state index in [9.17, 15) is 28.5 Å². The number of nitro benzene ring substituents is 1. The largest absolute Gasteiger partial charge is 0.516 e. The summed E-state index contributed by atoms with van der Waals surface area (Å²) in [6.07, 6.45) is -1.38. The molecule has 0 aromatic heterocycles. The molecular formula is C10H7F2NO6. The number of hydrogen-bond donors (Lipinski definition) is 0. The van der Waals surface area contributed by atoms with Gasteiger partial charge in [0.2, 0.25) is 5.82 Å². The van der Waals surface area contributed by atoms with Crippen LogP contribution in [-0.2, 0) is 9.47 Å². The van der Waals surface area contributed by atoms with E-state index in [1.165, 1.54) is 6.92 Å². The number of carbonyl (C=O) groups is 2. The van der Waals surface area contributed by atoms with Crippen molar-refractivity contribution in [3.8, 4) is 0 Å². The molecule has 0 aliphatic heterocycles. The molecule has 19 heavy (non-hydrogen) atoms. The number of nitrogens with zero attached hydrogens (tertiary/aromatic N) is 1. The predicted octanol–water partition coefficient (Wildman–Crippen LogP) is 2.19. The van der Waals surface area contributed by atoms with E-state index in [2.05, 4.69) is 9.47 Å². The van der Waals surface area contributed by atoms with Crippen molar-refractivity contribution >= 4 is 17.8 Å². The highest BCUT2D eigenvalue weighted by molar-refractivity contribution is 5.95. The SMILES string of the molecule is CCOC(=O)OC(=O)c1cc(F)c([N+](=O)[O-])cc1F. The van der Waals surface area contributed by atoms with E-state index in [1.54, 1.807) is 0 Å². The lowest BCUT2D eigenvalue weighted by molar-refractivity contribution is -0.387. The van der Waals surface area contributed by atoms with Gasteiger partial charge in [0, 0.05) is 0 Å². The van der Waals surface area contributed by atoms with Gasteiger partial charge >= 0.3 is 17.8 Å². The molecule has 7 nitrogen and oxygen atoms in total. The van der Waals surface area contributed by atoms with Crippen LogP contribution in [-0.4, -0.2) is 23.7 Å². The Bertz CT molecular complexity index is 545. The molecule has 9 heteroatoms. The standard InChI is InChI=1S/C10H7F2NO6/c1-2-18-10(15)19-9(14)5-3-7(12)8(13(16)17)4-6(5)11/h3-4H,2H2,1H3. The third kappa shape index (κ3) is 3.44. The molecule has 0 saturated heterocycles. The van der Waals surface area contributed by atoms with E-state index in [4.69, 9.17) is 0 Å². The molecule has 1 aromatic carbocycles. The van der Waals surface area contributed by atoms with E-state index in [0.29, 0.717) is 0 Å². The van der Waals surface area contributed by atoms with Gasteiger partial charge in [0.05, 0.1) is 23.2 Å². The van der Waals surface area contributed by atoms with Crippen molar-refractivity contribution in [3.05, 3.63) is 39.4 Å². The normalized spacial score (nSPS) is 9.84. The van der Waals surface area contributed by atoms with Gasteiger partial charge in [-0.3, -0.25) is 10.1 Å². The molecular weight excluding hydrogens is 268 g/mol. The molecule has 0 N–H and O–H groups in total. The van der Waals surface area contributed by atoms with E-state index < -0.39 is 39.9 Å². The molecule has 1 rings (SSSR count). The predicted molar refractivity (Wildman–Crippen MR) is 55.4 cm³/mol. The Morgan fingerprint density at radius 3 is 2.47 bits per heavy atom. The number of nitro groups is 1. The second-order valence-corrected chi connectivity index (χ2v) is 3.11. The van der Waals surface area contributed by atoms with Crippen molar-refractivity contribution in [1.82, 2.24) is 0 Å². The molecule has 0 aliphatic rings. The van der Waals surface area contributed by atoms with Crippen LogP contribution in [0.3, 0.4) is 0 Å². The lowest BCUT2D eigenvalue weighted by Crippen LogP contribution is -2.15. The zero-order chi connectivity index (χ0) is 14.6. The molecule has 0 atom stereocenters. The Morgan fingerprint density at radius 2 is 1.95 bits per heavy atom. The average molecular weight is 275 g/mol. The minimum Gasteiger partial charge on any atom is -0.434 e. The third-order valence-corrected chi connectivity index (χ3v) is 1.89. The van der Waals surface area contributed by atoms with Gasteiger partial charge in [-0.05, 0) is 13.0 Å². The molecule has 0 amide bonds. The molecule has 1 aromatic rings. The first kappa shape index (κ1) is 14.5. The van der Waals surface area contributed by atoms with Crippen LogP contribution in [0.5, 0.6) is 0 Å². The Balaban J connectivity index is 3.02. The fourth-order valence-corrected chi connectivity index (χ4v) is 1.11. The summed E-state index contributed by atoms with van der Waals surface area (Å²) in [4.78, 5) is 31.3. The zero-order valence-electron chi connectivity index (χ0n) is 9.51. The van der Waals surface area contributed by atoms with E-state index in [0.717, 1.165) is 0 Å². The number of rotatable bonds is 3. The van der Waals surface area contributed by atoms with Crippen molar-refractivity contribution in [3.63, 3.8) is 0 Å². The second-order valence-electron chi connectivity index (χ2n) is 3.11. The summed E-state index contributed by atoms with van der Waals surface area (Å²) in [6.45, 7) is 1.36. The first-order valence-electron chi connectivity index (χ1n) is 4.89. The summed E-state index contributed by atoms with van der Waals surface area (Å²) in [6, 6.07) is 0.492. The van der Waals surface area contributed by atoms with Gasteiger partial charge in [-0.1, -0.05) is 0 Å². The maximum absolute atomic E-state index is 13.4. The van der Waals surface area contributed by atoms with Crippen molar-refractivity contribution in [2.45, 2.75) is 6.92 Å². The van der Waals surface area contributed by atoms with Gasteiger partial charge < -0.3 is 9.47 Å². The minimum absolute atomic E-state index is 0.0801. The maximum atomic E-state index is 13.4. The molecule has 0 aliphatic carbocycles. The highest BCUT2D eigenvalue weighted by Crippen LogP contribution is 2.22. The van der Waals surface area contributed by atoms with E-state index >= 15 is 0 Å². The fraction of sp³-hybridized carbons (Fsp3) is 0.200. The molecule has 0 fully saturated rings. The van der Waals surface area contributed by atoms with Crippen molar-refractivity contribution in [2.24, 2.45) is 0 Å². The van der Waals surface area contributed by atoms with E-state index in [1.807, 2.05) is 0 Å². The lowest BCUT2D eigenvalue weighted by Gasteiger charge is -2.04. The molecule has 0 heterocycles. The van der Waals surface area contributed by atoms with Gasteiger partial charge in [0.15, 0.2) is 0 Å². The topological polar surface area (TPSA) is 95.7 Å². The Kier molecular flexibility index (Phi) is 4.46. The number of hydrogen-bond acceptors (Lipinski definition) is 6. The summed E-state index contributed by atoms with van der Waals surface area (Å²) in [5.74, 6) is -4.32. The highest BCUT2D eigenvalue weighted by Gasteiger charge is 2.24. The summed E-state index contributed by atoms with van der Waals surface area (Å²) in [7, 11) is 0.